The molecule has 1 rings (SSSR count). The molecule has 4 nitrogen and oxygen atoms in total. The SMILES string of the molecule is CCOC(=O)C(O)c1ccc(F)c(F)c1O. The number of phenolic OH excluding ortho intramolecular Hbond substituents is 1. The highest BCUT2D eigenvalue weighted by Crippen LogP contribution is 2.29. The van der Waals surface area contributed by atoms with E-state index in [0.29, 0.717) is 6.07 Å². The lowest BCUT2D eigenvalue weighted by Gasteiger charge is -2.11. The molecule has 0 heterocycles. The predicted molar refractivity (Wildman–Crippen MR) is 49.6 cm³/mol. The minimum atomic E-state index is -1.84. The van der Waals surface area contributed by atoms with Crippen molar-refractivity contribution >= 4 is 5.97 Å². The van der Waals surface area contributed by atoms with Crippen LogP contribution in [0.5, 0.6) is 5.75 Å². The number of halogens is 2. The van der Waals surface area contributed by atoms with Crippen LogP contribution in [0, 0.1) is 11.6 Å². The summed E-state index contributed by atoms with van der Waals surface area (Å²) in [5, 5.41) is 18.6. The Morgan fingerprint density at radius 3 is 2.69 bits per heavy atom. The number of hydrogen-bond acceptors (Lipinski definition) is 4. The van der Waals surface area contributed by atoms with Crippen LogP contribution in [0.3, 0.4) is 0 Å². The van der Waals surface area contributed by atoms with Crippen LogP contribution < -0.4 is 0 Å². The van der Waals surface area contributed by atoms with Crippen molar-refractivity contribution in [2.24, 2.45) is 0 Å². The Morgan fingerprint density at radius 2 is 2.12 bits per heavy atom. The highest BCUT2D eigenvalue weighted by Gasteiger charge is 2.24. The quantitative estimate of drug-likeness (QED) is 0.770. The number of hydrogen-bond donors (Lipinski definition) is 2. The van der Waals surface area contributed by atoms with E-state index in [9.17, 15) is 23.8 Å². The van der Waals surface area contributed by atoms with Crippen LogP contribution in [0.15, 0.2) is 12.1 Å². The molecule has 0 saturated heterocycles. The molecular weight excluding hydrogens is 222 g/mol. The van der Waals surface area contributed by atoms with Crippen molar-refractivity contribution in [2.45, 2.75) is 13.0 Å². The van der Waals surface area contributed by atoms with Gasteiger partial charge in [-0.15, -0.1) is 0 Å². The first kappa shape index (κ1) is 12.4. The first-order valence-corrected chi connectivity index (χ1v) is 4.50. The molecule has 88 valence electrons. The van der Waals surface area contributed by atoms with Gasteiger partial charge in [0.1, 0.15) is 0 Å². The Balaban J connectivity index is 3.05. The van der Waals surface area contributed by atoms with Crippen molar-refractivity contribution in [3.8, 4) is 5.75 Å². The lowest BCUT2D eigenvalue weighted by Crippen LogP contribution is -2.16. The monoisotopic (exact) mass is 232 g/mol. The summed E-state index contributed by atoms with van der Waals surface area (Å²) in [6.07, 6.45) is -1.84. The molecule has 0 radical (unpaired) electrons. The number of aromatic hydroxyl groups is 1. The summed E-state index contributed by atoms with van der Waals surface area (Å²) < 4.78 is 30.0. The van der Waals surface area contributed by atoms with Gasteiger partial charge in [-0.1, -0.05) is 0 Å². The number of benzene rings is 1. The van der Waals surface area contributed by atoms with E-state index in [1.165, 1.54) is 6.92 Å². The molecule has 0 aliphatic heterocycles. The summed E-state index contributed by atoms with van der Waals surface area (Å²) in [4.78, 5) is 11.1. The number of esters is 1. The maximum absolute atomic E-state index is 12.9. The van der Waals surface area contributed by atoms with E-state index in [1.807, 2.05) is 0 Å². The molecule has 0 aliphatic rings. The molecular formula is C10H10F2O4. The van der Waals surface area contributed by atoms with E-state index >= 15 is 0 Å². The Hall–Kier alpha value is -1.69. The minimum absolute atomic E-state index is 0.0281. The first-order valence-electron chi connectivity index (χ1n) is 4.50. The van der Waals surface area contributed by atoms with Gasteiger partial charge in [-0.2, -0.15) is 4.39 Å². The van der Waals surface area contributed by atoms with Crippen molar-refractivity contribution in [1.82, 2.24) is 0 Å². The summed E-state index contributed by atoms with van der Waals surface area (Å²) in [7, 11) is 0. The van der Waals surface area contributed by atoms with E-state index < -0.39 is 35.0 Å². The lowest BCUT2D eigenvalue weighted by atomic mass is 10.1. The highest BCUT2D eigenvalue weighted by atomic mass is 19.2. The number of rotatable bonds is 3. The molecule has 0 bridgehead atoms. The van der Waals surface area contributed by atoms with E-state index in [0.717, 1.165) is 6.07 Å². The van der Waals surface area contributed by atoms with Crippen molar-refractivity contribution < 1.29 is 28.5 Å². The van der Waals surface area contributed by atoms with Crippen molar-refractivity contribution in [2.75, 3.05) is 6.61 Å². The molecule has 1 atom stereocenters. The van der Waals surface area contributed by atoms with E-state index in [2.05, 4.69) is 4.74 Å². The summed E-state index contributed by atoms with van der Waals surface area (Å²) in [5.41, 5.74) is -0.433. The average Bonchev–Trinajstić information content (AvgIpc) is 2.26. The van der Waals surface area contributed by atoms with E-state index in [-0.39, 0.29) is 6.61 Å². The average molecular weight is 232 g/mol. The van der Waals surface area contributed by atoms with E-state index in [4.69, 9.17) is 0 Å². The zero-order chi connectivity index (χ0) is 12.3. The largest absolute Gasteiger partial charge is 0.504 e. The zero-order valence-electron chi connectivity index (χ0n) is 8.41. The molecule has 2 N–H and O–H groups in total. The fourth-order valence-corrected chi connectivity index (χ4v) is 1.12. The van der Waals surface area contributed by atoms with Gasteiger partial charge in [0.2, 0.25) is 5.82 Å². The fraction of sp³-hybridized carbons (Fsp3) is 0.300. The third-order valence-electron chi connectivity index (χ3n) is 1.90. The van der Waals surface area contributed by atoms with Gasteiger partial charge in [-0.3, -0.25) is 0 Å². The molecule has 6 heteroatoms. The number of aliphatic hydroxyl groups is 1. The number of aliphatic hydroxyl groups excluding tert-OH is 1. The summed E-state index contributed by atoms with van der Waals surface area (Å²) >= 11 is 0. The second kappa shape index (κ2) is 4.89. The summed E-state index contributed by atoms with van der Waals surface area (Å²) in [6, 6.07) is 1.61. The second-order valence-corrected chi connectivity index (χ2v) is 2.95. The first-order chi connectivity index (χ1) is 7.49. The Bertz CT molecular complexity index is 406. The number of carbonyl (C=O) groups excluding carboxylic acids is 1. The molecule has 0 saturated carbocycles. The third kappa shape index (κ3) is 2.27. The Labute approximate surface area is 90.1 Å². The molecule has 0 aromatic heterocycles. The lowest BCUT2D eigenvalue weighted by molar-refractivity contribution is -0.153. The van der Waals surface area contributed by atoms with Crippen LogP contribution in [0.4, 0.5) is 8.78 Å². The van der Waals surface area contributed by atoms with Crippen LogP contribution in [0.1, 0.15) is 18.6 Å². The van der Waals surface area contributed by atoms with Gasteiger partial charge in [0.05, 0.1) is 6.61 Å². The van der Waals surface area contributed by atoms with Gasteiger partial charge >= 0.3 is 5.97 Å². The van der Waals surface area contributed by atoms with Gasteiger partial charge in [-0.25, -0.2) is 9.18 Å². The van der Waals surface area contributed by atoms with Crippen molar-refractivity contribution in [3.05, 3.63) is 29.3 Å². The summed E-state index contributed by atoms with van der Waals surface area (Å²) in [5.74, 6) is -4.91. The maximum atomic E-state index is 12.9. The molecule has 0 amide bonds. The smallest absolute Gasteiger partial charge is 0.339 e. The Kier molecular flexibility index (Phi) is 3.78. The van der Waals surface area contributed by atoms with Crippen LogP contribution in [0.25, 0.3) is 0 Å². The van der Waals surface area contributed by atoms with Crippen molar-refractivity contribution in [1.29, 1.82) is 0 Å². The molecule has 0 fully saturated rings. The summed E-state index contributed by atoms with van der Waals surface area (Å²) in [6.45, 7) is 1.55. The standard InChI is InChI=1S/C10H10F2O4/c1-2-16-10(15)9(14)5-3-4-6(11)7(12)8(5)13/h3-4,9,13-14H,2H2,1H3. The van der Waals surface area contributed by atoms with Crippen LogP contribution in [-0.4, -0.2) is 22.8 Å². The third-order valence-corrected chi connectivity index (χ3v) is 1.90. The highest BCUT2D eigenvalue weighted by molar-refractivity contribution is 5.77. The topological polar surface area (TPSA) is 66.8 Å². The fourth-order valence-electron chi connectivity index (χ4n) is 1.12. The van der Waals surface area contributed by atoms with Gasteiger partial charge in [-0.05, 0) is 19.1 Å². The van der Waals surface area contributed by atoms with Gasteiger partial charge in [0, 0.05) is 5.56 Å². The van der Waals surface area contributed by atoms with E-state index in [1.54, 1.807) is 0 Å². The minimum Gasteiger partial charge on any atom is -0.504 e. The number of phenols is 1. The van der Waals surface area contributed by atoms with Gasteiger partial charge in [0.15, 0.2) is 17.7 Å². The molecule has 16 heavy (non-hydrogen) atoms. The second-order valence-electron chi connectivity index (χ2n) is 2.95. The maximum Gasteiger partial charge on any atom is 0.339 e. The molecule has 0 aliphatic carbocycles. The zero-order valence-corrected chi connectivity index (χ0v) is 8.41. The molecule has 1 unspecified atom stereocenters. The molecule has 1 aromatic carbocycles. The Morgan fingerprint density at radius 1 is 1.50 bits per heavy atom. The predicted octanol–water partition coefficient (Wildman–Crippen LogP) is 1.27. The number of ether oxygens (including phenoxy) is 1. The van der Waals surface area contributed by atoms with Crippen LogP contribution in [-0.2, 0) is 9.53 Å². The van der Waals surface area contributed by atoms with Crippen LogP contribution in [0.2, 0.25) is 0 Å². The normalized spacial score (nSPS) is 12.2. The van der Waals surface area contributed by atoms with Gasteiger partial charge in [0.25, 0.3) is 0 Å². The molecule has 0 spiro atoms. The van der Waals surface area contributed by atoms with Crippen molar-refractivity contribution in [3.63, 3.8) is 0 Å². The van der Waals surface area contributed by atoms with Gasteiger partial charge < -0.3 is 14.9 Å². The van der Waals surface area contributed by atoms with Crippen LogP contribution >= 0.6 is 0 Å². The number of carbonyl (C=O) groups is 1. The molecule has 1 aromatic rings.